The van der Waals surface area contributed by atoms with E-state index in [-0.39, 0.29) is 11.8 Å². The minimum atomic E-state index is -0.216. The molecule has 0 atom stereocenters. The number of thioether (sulfide) groups is 1. The lowest BCUT2D eigenvalue weighted by molar-refractivity contribution is 0.0655. The van der Waals surface area contributed by atoms with Crippen LogP contribution >= 0.6 is 23.1 Å². The normalized spacial score (nSPS) is 13.6. The molecule has 3 heterocycles. The van der Waals surface area contributed by atoms with Crippen molar-refractivity contribution in [3.05, 3.63) is 45.8 Å². The third-order valence-electron chi connectivity index (χ3n) is 4.67. The van der Waals surface area contributed by atoms with E-state index < -0.39 is 0 Å². The first-order valence-corrected chi connectivity index (χ1v) is 10.4. The van der Waals surface area contributed by atoms with E-state index in [0.29, 0.717) is 40.8 Å². The second kappa shape index (κ2) is 6.94. The molecule has 8 heteroatoms. The van der Waals surface area contributed by atoms with Crippen molar-refractivity contribution in [2.24, 2.45) is 0 Å². The molecule has 2 N–H and O–H groups in total. The van der Waals surface area contributed by atoms with E-state index in [0.717, 1.165) is 15.8 Å². The van der Waals surface area contributed by atoms with E-state index in [1.807, 2.05) is 6.92 Å². The molecule has 1 aromatic carbocycles. The van der Waals surface area contributed by atoms with Gasteiger partial charge in [-0.3, -0.25) is 14.5 Å². The number of fused-ring (bicyclic) bond motifs is 2. The molecular weight excluding hydrogens is 380 g/mol. The Balaban J connectivity index is 1.39. The van der Waals surface area contributed by atoms with E-state index in [1.54, 1.807) is 35.6 Å². The fourth-order valence-corrected chi connectivity index (χ4v) is 5.02. The van der Waals surface area contributed by atoms with E-state index in [9.17, 15) is 9.59 Å². The Labute approximate surface area is 164 Å². The zero-order valence-electron chi connectivity index (χ0n) is 15.0. The lowest BCUT2D eigenvalue weighted by atomic mass is 10.1. The minimum absolute atomic E-state index is 0.216. The highest BCUT2D eigenvalue weighted by molar-refractivity contribution is 7.99. The van der Waals surface area contributed by atoms with Crippen molar-refractivity contribution < 1.29 is 9.59 Å². The number of nitrogens with two attached hydrogens (primary N) is 1. The number of hydrogen-bond donors (Lipinski definition) is 1. The first kappa shape index (κ1) is 17.9. The molecule has 0 saturated heterocycles. The van der Waals surface area contributed by atoms with Crippen LogP contribution in [-0.2, 0) is 0 Å². The van der Waals surface area contributed by atoms with E-state index in [1.165, 1.54) is 21.5 Å². The smallest absolute Gasteiger partial charge is 0.261 e. The Kier molecular flexibility index (Phi) is 4.61. The Morgan fingerprint density at radius 1 is 1.11 bits per heavy atom. The molecule has 0 saturated carbocycles. The molecule has 27 heavy (non-hydrogen) atoms. The van der Waals surface area contributed by atoms with Gasteiger partial charge in [-0.1, -0.05) is 23.9 Å². The van der Waals surface area contributed by atoms with Crippen LogP contribution in [0.4, 0.5) is 5.82 Å². The molecule has 138 valence electrons. The number of benzene rings is 1. The number of carbonyl (C=O) groups excluding carboxylic acids is 2. The predicted octanol–water partition coefficient (Wildman–Crippen LogP) is 3.67. The number of amides is 2. The summed E-state index contributed by atoms with van der Waals surface area (Å²) in [6.07, 6.45) is 0.667. The maximum absolute atomic E-state index is 12.4. The molecule has 4 rings (SSSR count). The van der Waals surface area contributed by atoms with Crippen LogP contribution in [0.25, 0.3) is 10.2 Å². The summed E-state index contributed by atoms with van der Waals surface area (Å²) in [5, 5.41) is 1.57. The standard InChI is InChI=1S/C19H18N4O2S2/c1-10-11(2)27-16-14(10)15(20)21-19(22-16)26-9-5-8-23-17(24)12-6-3-4-7-13(12)18(23)25/h3-4,6-7H,5,8-9H2,1-2H3,(H2,20,21,22). The largest absolute Gasteiger partial charge is 0.383 e. The van der Waals surface area contributed by atoms with Gasteiger partial charge in [0, 0.05) is 17.2 Å². The second-order valence-corrected chi connectivity index (χ2v) is 8.63. The average Bonchev–Trinajstić information content (AvgIpc) is 3.07. The molecule has 3 aromatic rings. The summed E-state index contributed by atoms with van der Waals surface area (Å²) >= 11 is 3.11. The Morgan fingerprint density at radius 3 is 2.44 bits per heavy atom. The van der Waals surface area contributed by atoms with Gasteiger partial charge in [0.1, 0.15) is 10.6 Å². The number of imide groups is 1. The highest BCUT2D eigenvalue weighted by Gasteiger charge is 2.34. The number of rotatable bonds is 5. The molecule has 6 nitrogen and oxygen atoms in total. The van der Waals surface area contributed by atoms with Gasteiger partial charge in [0.2, 0.25) is 0 Å². The first-order chi connectivity index (χ1) is 13.0. The summed E-state index contributed by atoms with van der Waals surface area (Å²) in [6.45, 7) is 4.47. The van der Waals surface area contributed by atoms with Crippen LogP contribution in [0.3, 0.4) is 0 Å². The van der Waals surface area contributed by atoms with Gasteiger partial charge in [-0.25, -0.2) is 9.97 Å². The number of anilines is 1. The van der Waals surface area contributed by atoms with Gasteiger partial charge >= 0.3 is 0 Å². The monoisotopic (exact) mass is 398 g/mol. The zero-order valence-corrected chi connectivity index (χ0v) is 16.6. The van der Waals surface area contributed by atoms with Gasteiger partial charge in [0.05, 0.1) is 16.5 Å². The zero-order chi connectivity index (χ0) is 19.1. The van der Waals surface area contributed by atoms with Gasteiger partial charge in [-0.2, -0.15) is 0 Å². The molecule has 0 bridgehead atoms. The SMILES string of the molecule is Cc1sc2nc(SCCCN3C(=O)c4ccccc4C3=O)nc(N)c2c1C. The van der Waals surface area contributed by atoms with Gasteiger partial charge < -0.3 is 5.73 Å². The molecule has 1 aliphatic rings. The number of hydrogen-bond acceptors (Lipinski definition) is 7. The van der Waals surface area contributed by atoms with Gasteiger partial charge in [0.25, 0.3) is 11.8 Å². The lowest BCUT2D eigenvalue weighted by Crippen LogP contribution is -2.31. The topological polar surface area (TPSA) is 89.2 Å². The Morgan fingerprint density at radius 2 is 1.78 bits per heavy atom. The predicted molar refractivity (Wildman–Crippen MR) is 108 cm³/mol. The molecule has 0 unspecified atom stereocenters. The second-order valence-electron chi connectivity index (χ2n) is 6.36. The summed E-state index contributed by atoms with van der Waals surface area (Å²) in [5.74, 6) is 0.769. The molecule has 0 spiro atoms. The molecule has 2 amide bonds. The van der Waals surface area contributed by atoms with Gasteiger partial charge in [-0.05, 0) is 38.0 Å². The molecule has 1 aliphatic heterocycles. The fourth-order valence-electron chi connectivity index (χ4n) is 3.15. The minimum Gasteiger partial charge on any atom is -0.383 e. The van der Waals surface area contributed by atoms with Gasteiger partial charge in [0.15, 0.2) is 5.16 Å². The number of thiophene rings is 1. The van der Waals surface area contributed by atoms with Crippen molar-refractivity contribution in [3.63, 3.8) is 0 Å². The number of nitrogens with zero attached hydrogens (tertiary/aromatic N) is 3. The number of carbonyl (C=O) groups is 2. The van der Waals surface area contributed by atoms with Crippen molar-refractivity contribution in [2.45, 2.75) is 25.4 Å². The van der Waals surface area contributed by atoms with Crippen LogP contribution in [0.1, 0.15) is 37.6 Å². The number of aromatic nitrogens is 2. The van der Waals surface area contributed by atoms with E-state index >= 15 is 0 Å². The van der Waals surface area contributed by atoms with Crippen molar-refractivity contribution in [2.75, 3.05) is 18.0 Å². The molecule has 2 aromatic heterocycles. The fraction of sp³-hybridized carbons (Fsp3) is 0.263. The van der Waals surface area contributed by atoms with Crippen LogP contribution in [0, 0.1) is 13.8 Å². The maximum Gasteiger partial charge on any atom is 0.261 e. The van der Waals surface area contributed by atoms with E-state index in [2.05, 4.69) is 16.9 Å². The first-order valence-electron chi connectivity index (χ1n) is 8.58. The van der Waals surface area contributed by atoms with Crippen LogP contribution in [0.5, 0.6) is 0 Å². The van der Waals surface area contributed by atoms with Crippen molar-refractivity contribution >= 4 is 50.9 Å². The third-order valence-corrected chi connectivity index (χ3v) is 6.71. The van der Waals surface area contributed by atoms with Crippen molar-refractivity contribution in [1.29, 1.82) is 0 Å². The third kappa shape index (κ3) is 3.08. The highest BCUT2D eigenvalue weighted by atomic mass is 32.2. The molecule has 0 radical (unpaired) electrons. The maximum atomic E-state index is 12.4. The summed E-state index contributed by atoms with van der Waals surface area (Å²) in [7, 11) is 0. The van der Waals surface area contributed by atoms with Crippen molar-refractivity contribution in [1.82, 2.24) is 14.9 Å². The highest BCUT2D eigenvalue weighted by Crippen LogP contribution is 2.33. The van der Waals surface area contributed by atoms with Crippen LogP contribution in [0.2, 0.25) is 0 Å². The summed E-state index contributed by atoms with van der Waals surface area (Å²) in [5.41, 5.74) is 8.21. The van der Waals surface area contributed by atoms with Crippen LogP contribution in [-0.4, -0.2) is 39.0 Å². The Hall–Kier alpha value is -2.45. The van der Waals surface area contributed by atoms with Crippen LogP contribution in [0.15, 0.2) is 29.4 Å². The van der Waals surface area contributed by atoms with E-state index in [4.69, 9.17) is 5.73 Å². The molecular formula is C19H18N4O2S2. The van der Waals surface area contributed by atoms with Crippen molar-refractivity contribution in [3.8, 4) is 0 Å². The molecule has 0 aliphatic carbocycles. The lowest BCUT2D eigenvalue weighted by Gasteiger charge is -2.13. The van der Waals surface area contributed by atoms with Crippen LogP contribution < -0.4 is 5.73 Å². The molecule has 0 fully saturated rings. The quantitative estimate of drug-likeness (QED) is 0.305. The summed E-state index contributed by atoms with van der Waals surface area (Å²) in [4.78, 5) is 37.1. The number of nitrogen functional groups attached to an aromatic ring is 1. The van der Waals surface area contributed by atoms with Gasteiger partial charge in [-0.15, -0.1) is 11.3 Å². The average molecular weight is 399 g/mol. The summed E-state index contributed by atoms with van der Waals surface area (Å²) in [6, 6.07) is 6.94. The number of aryl methyl sites for hydroxylation is 2. The Bertz CT molecular complexity index is 1040. The summed E-state index contributed by atoms with van der Waals surface area (Å²) < 4.78 is 0.